The normalized spacial score (nSPS) is 33.9. The third-order valence-electron chi connectivity index (χ3n) is 33.4. The molecule has 4 aromatic rings. The lowest BCUT2D eigenvalue weighted by atomic mass is 9.33. The number of nitrogens with two attached hydrogens (primary N) is 2. The van der Waals surface area contributed by atoms with Gasteiger partial charge < -0.3 is 50.5 Å². The average molecular weight is 1600 g/mol. The second kappa shape index (κ2) is 30.6. The topological polar surface area (TPSA) is 414 Å². The van der Waals surface area contributed by atoms with Gasteiger partial charge in [0, 0.05) is 80.3 Å². The zero-order valence-electron chi connectivity index (χ0n) is 71.6. The number of nitrogens with zero attached hydrogens (tertiary/aromatic N) is 12. The molecule has 0 aromatic carbocycles. The summed E-state index contributed by atoms with van der Waals surface area (Å²) in [4.78, 5) is 102. The van der Waals surface area contributed by atoms with Gasteiger partial charge in [-0.1, -0.05) is 96.9 Å². The molecule has 0 bridgehead atoms. The number of aliphatic hydroxyl groups is 2. The maximum absolute atomic E-state index is 14.9. The third-order valence-corrected chi connectivity index (χ3v) is 33.4. The molecule has 9 aliphatic rings. The molecule has 4 heterocycles. The average Bonchev–Trinajstić information content (AvgIpc) is 1.25. The lowest BCUT2D eigenvalue weighted by Crippen LogP contribution is -2.66. The van der Waals surface area contributed by atoms with Gasteiger partial charge in [-0.2, -0.15) is 10.5 Å². The Hall–Kier alpha value is -8.04. The smallest absolute Gasteiger partial charge is 0.310 e. The number of allylic oxidation sites excluding steroid dienone is 2. The lowest BCUT2D eigenvalue weighted by Gasteiger charge is -2.72. The van der Waals surface area contributed by atoms with Crippen molar-refractivity contribution in [2.75, 3.05) is 13.1 Å². The SMILES string of the molecule is CC[C@H](CC[C@@]1(C)[C@H](C)CC[C@]2(C)[C@@H]1CC[C@@H]1C3=C(C(C)C)C(=O)C[C@]3(C(O)c3nnc(-c4ncc(C#N)cn4)n3CCN)CC[C@]12C)OC(=O)CC(C)(Cc1nc(-c2nnc([C@H](O)[C@@]34CC[C@]5(C)[C@H](CCC6[C@@]7(C)CC[C@H](OC(=O)CC(C)(C)C(=O)O)C(C)(C)[C@@H]7CC[C@]65C)C3=C(C(C)C)C(=O)C4)n2CCN)ncc1C#N)C(=O)O. The summed E-state index contributed by atoms with van der Waals surface area (Å²) in [6.07, 6.45) is 12.8. The molecular formula is C90H126N14O12. The number of aliphatic carboxylic acids is 2. The van der Waals surface area contributed by atoms with Crippen LogP contribution in [-0.2, 0) is 57.8 Å². The number of esters is 2. The monoisotopic (exact) mass is 1590 g/mol. The molecule has 0 amide bonds. The van der Waals surface area contributed by atoms with Crippen LogP contribution >= 0.6 is 0 Å². The lowest BCUT2D eigenvalue weighted by molar-refractivity contribution is -0.235. The van der Waals surface area contributed by atoms with Gasteiger partial charge in [-0.05, 0) is 232 Å². The van der Waals surface area contributed by atoms with Crippen LogP contribution in [0.2, 0.25) is 0 Å². The molecule has 8 N–H and O–H groups in total. The Morgan fingerprint density at radius 2 is 1.14 bits per heavy atom. The molecule has 3 unspecified atom stereocenters. The van der Waals surface area contributed by atoms with E-state index in [1.165, 1.54) is 25.5 Å². The van der Waals surface area contributed by atoms with Gasteiger partial charge in [-0.3, -0.25) is 28.8 Å². The summed E-state index contributed by atoms with van der Waals surface area (Å²) in [5, 5.41) is 86.2. The molecule has 4 aromatic heterocycles. The molecule has 7 fully saturated rings. The van der Waals surface area contributed by atoms with E-state index in [2.05, 4.69) is 126 Å². The van der Waals surface area contributed by atoms with Crippen LogP contribution < -0.4 is 11.5 Å². The van der Waals surface area contributed by atoms with Crippen molar-refractivity contribution in [3.05, 3.63) is 69.4 Å². The molecule has 7 saturated carbocycles. The Kier molecular flexibility index (Phi) is 22.7. The quantitative estimate of drug-likeness (QED) is 0.0318. The molecule has 628 valence electrons. The van der Waals surface area contributed by atoms with Crippen LogP contribution in [-0.4, -0.2) is 131 Å². The minimum atomic E-state index is -1.82. The second-order valence-corrected chi connectivity index (χ2v) is 40.6. The van der Waals surface area contributed by atoms with Crippen molar-refractivity contribution in [3.63, 3.8) is 0 Å². The predicted molar refractivity (Wildman–Crippen MR) is 430 cm³/mol. The number of carbonyl (C=O) groups is 6. The van der Waals surface area contributed by atoms with Crippen LogP contribution in [0.4, 0.5) is 0 Å². The van der Waals surface area contributed by atoms with Crippen LogP contribution in [0.5, 0.6) is 0 Å². The van der Waals surface area contributed by atoms with Crippen molar-refractivity contribution in [2.45, 2.75) is 296 Å². The van der Waals surface area contributed by atoms with E-state index < -0.39 is 70.3 Å². The summed E-state index contributed by atoms with van der Waals surface area (Å²) >= 11 is 0. The Labute approximate surface area is 683 Å². The van der Waals surface area contributed by atoms with Crippen LogP contribution in [0.15, 0.2) is 40.9 Å². The van der Waals surface area contributed by atoms with Crippen molar-refractivity contribution in [2.24, 2.45) is 118 Å². The van der Waals surface area contributed by atoms with E-state index in [1.54, 1.807) is 23.0 Å². The number of hydrogen-bond donors (Lipinski definition) is 6. The van der Waals surface area contributed by atoms with E-state index in [-0.39, 0.29) is 183 Å². The van der Waals surface area contributed by atoms with Gasteiger partial charge in [0.05, 0.1) is 40.5 Å². The fourth-order valence-electron chi connectivity index (χ4n) is 26.6. The summed E-state index contributed by atoms with van der Waals surface area (Å²) < 4.78 is 16.1. The van der Waals surface area contributed by atoms with Gasteiger partial charge in [-0.25, -0.2) is 19.9 Å². The highest BCUT2D eigenvalue weighted by atomic mass is 16.5. The summed E-state index contributed by atoms with van der Waals surface area (Å²) in [7, 11) is 0. The minimum Gasteiger partial charge on any atom is -0.481 e. The number of carboxylic acids is 2. The van der Waals surface area contributed by atoms with Crippen molar-refractivity contribution in [1.29, 1.82) is 10.5 Å². The molecular weight excluding hydrogens is 1470 g/mol. The van der Waals surface area contributed by atoms with Gasteiger partial charge in [0.15, 0.2) is 34.9 Å². The molecule has 9 aliphatic carbocycles. The molecule has 0 saturated heterocycles. The number of fused-ring (bicyclic) bond motifs is 12. The predicted octanol–water partition coefficient (Wildman–Crippen LogP) is 13.9. The van der Waals surface area contributed by atoms with Crippen LogP contribution in [0, 0.1) is 130 Å². The first-order chi connectivity index (χ1) is 54.5. The van der Waals surface area contributed by atoms with E-state index in [9.17, 15) is 59.7 Å². The molecule has 0 aliphatic heterocycles. The van der Waals surface area contributed by atoms with Crippen molar-refractivity contribution in [3.8, 4) is 35.4 Å². The van der Waals surface area contributed by atoms with Gasteiger partial charge in [0.1, 0.15) is 36.6 Å². The number of rotatable bonds is 26. The van der Waals surface area contributed by atoms with Crippen LogP contribution in [0.1, 0.15) is 293 Å². The summed E-state index contributed by atoms with van der Waals surface area (Å²) in [5.74, 6) is -1.50. The largest absolute Gasteiger partial charge is 0.481 e. The zero-order chi connectivity index (χ0) is 84.5. The number of nitriles is 2. The number of ketones is 2. The molecule has 26 heteroatoms. The summed E-state index contributed by atoms with van der Waals surface area (Å²) in [6.45, 7) is 36.9. The number of carbonyl (C=O) groups excluding carboxylic acids is 4. The van der Waals surface area contributed by atoms with Gasteiger partial charge in [-0.15, -0.1) is 20.4 Å². The Balaban J connectivity index is 0.710. The van der Waals surface area contributed by atoms with E-state index in [0.717, 1.165) is 99.3 Å². The fourth-order valence-corrected chi connectivity index (χ4v) is 26.6. The van der Waals surface area contributed by atoms with Gasteiger partial charge in [0.2, 0.25) is 11.6 Å². The van der Waals surface area contributed by atoms with Gasteiger partial charge >= 0.3 is 23.9 Å². The van der Waals surface area contributed by atoms with Crippen molar-refractivity contribution >= 4 is 35.4 Å². The van der Waals surface area contributed by atoms with E-state index in [0.29, 0.717) is 55.6 Å². The fraction of sp³-hybridized carbons (Fsp3) is 0.733. The molecule has 116 heavy (non-hydrogen) atoms. The molecule has 26 nitrogen and oxygen atoms in total. The number of carboxylic acid groups (broad SMARTS) is 2. The maximum atomic E-state index is 14.9. The van der Waals surface area contributed by atoms with Crippen molar-refractivity contribution < 1.29 is 58.7 Å². The highest BCUT2D eigenvalue weighted by Gasteiger charge is 2.73. The Morgan fingerprint density at radius 3 is 1.64 bits per heavy atom. The van der Waals surface area contributed by atoms with Crippen LogP contribution in [0.25, 0.3) is 23.3 Å². The molecule has 13 rings (SSSR count). The van der Waals surface area contributed by atoms with Crippen molar-refractivity contribution in [1.82, 2.24) is 49.5 Å². The first kappa shape index (κ1) is 85.8. The van der Waals surface area contributed by atoms with E-state index in [1.807, 2.05) is 13.0 Å². The highest BCUT2D eigenvalue weighted by Crippen LogP contribution is 2.79. The van der Waals surface area contributed by atoms with Crippen LogP contribution in [0.3, 0.4) is 0 Å². The summed E-state index contributed by atoms with van der Waals surface area (Å²) in [6, 6.07) is 4.20. The summed E-state index contributed by atoms with van der Waals surface area (Å²) in [5.41, 5.74) is 9.96. The second-order valence-electron chi connectivity index (χ2n) is 40.6. The maximum Gasteiger partial charge on any atom is 0.310 e. The molecule has 19 atom stereocenters. The first-order valence-electron chi connectivity index (χ1n) is 43.0. The zero-order valence-corrected chi connectivity index (χ0v) is 71.6. The van der Waals surface area contributed by atoms with E-state index >= 15 is 0 Å². The molecule has 0 radical (unpaired) electrons. The highest BCUT2D eigenvalue weighted by molar-refractivity contribution is 6.01. The number of aromatic nitrogens is 10. The number of aliphatic hydroxyl groups excluding tert-OH is 2. The Bertz CT molecular complexity index is 4720. The number of ether oxygens (including phenoxy) is 2. The third kappa shape index (κ3) is 13.3. The first-order valence-corrected chi connectivity index (χ1v) is 43.0. The van der Waals surface area contributed by atoms with Gasteiger partial charge in [0.25, 0.3) is 0 Å². The molecule has 0 spiro atoms. The minimum absolute atomic E-state index is 0.000644. The number of hydrogen-bond acceptors (Lipinski definition) is 22. The number of Topliss-reactive ketones (excluding diaryl/α,β-unsaturated/α-hetero) is 2. The Morgan fingerprint density at radius 1 is 0.621 bits per heavy atom. The van der Waals surface area contributed by atoms with E-state index in [4.69, 9.17) is 31.0 Å². The standard InChI is InChI=1S/C90H126N14O12/c1-18-54(24-27-83(12)51(6)23-29-87(16)61(83)21-19-55-68-66(49(2)3)58(105)40-89(68,33-31-85(55,87)14)70(109)74-99-101-76(103(74)37-35-91)72-95-46-52(44-93)47-96-72)115-65(108)43-82(11,79(113)114)39-57-53(45-94)48-97-73(98-57)77-102-100-75(104(77)38-36-92)71(110)90-34-32-86(15)56(69(90)67(50(4)5)59(106)41-90)20-22-62-84(13)28-26-63(116-64(107)42-80(7,8)78(111)112)81(9,10)60(84)25-30-88(62,86)17/h46-51,54-56,60-63,70-71,109-110H,18-43,91-92H2,1-17H3,(H,111,112)(H,113,114)/t51-,54-,55-,56-,60+,61-,62?,63+,70?,71+,82?,83+,84+,85-,86-,87-,88-,89-,90-/m1/s1.